The van der Waals surface area contributed by atoms with Crippen molar-refractivity contribution in [3.63, 3.8) is 0 Å². The van der Waals surface area contributed by atoms with Gasteiger partial charge in [0.2, 0.25) is 23.8 Å². The van der Waals surface area contributed by atoms with E-state index in [-0.39, 0.29) is 35.8 Å². The van der Waals surface area contributed by atoms with Gasteiger partial charge in [-0.1, -0.05) is 72.8 Å². The fraction of sp³-hybridized carbons (Fsp3) is 0.304. The van der Waals surface area contributed by atoms with Gasteiger partial charge in [0.1, 0.15) is 0 Å². The lowest BCUT2D eigenvalue weighted by atomic mass is 10.1. The SMILES string of the molecule is CN=C(N)N(C)C(N)=Nc1c(C)cccc1C.Cc1cccc(C)c1N(C)C(=N)N(C)C(=N)N.Cc1cccc(C)c1N(C)C(=N)N=C(N)N.Cc1cccc(C)c1N=C(N)N(C)C(=N)N. The maximum absolute atomic E-state index is 7.99. The van der Waals surface area contributed by atoms with Crippen LogP contribution in [0.2, 0.25) is 0 Å². The molecule has 0 saturated carbocycles. The van der Waals surface area contributed by atoms with Gasteiger partial charge >= 0.3 is 0 Å². The van der Waals surface area contributed by atoms with Crippen molar-refractivity contribution in [2.45, 2.75) is 55.4 Å². The summed E-state index contributed by atoms with van der Waals surface area (Å²) in [6.45, 7) is 15.9. The molecule has 66 heavy (non-hydrogen) atoms. The standard InChI is InChI=1S/2C12H19N5.2C11H17N5/c1-8-6-5-7-9(2)10(8)16-12(14)17(4)11(13)15-3;1-8-6-5-7-9(2)10(8)16(3)12(15)17(4)11(13)14;1-7-5-4-6-8(2)9(7)16(3)11(14)15-10(12)13;1-7-5-4-6-8(2)9(7)15-11(14)16(3)10(12)13/h5-7H,1-4H3,(H2,13,15)(H2,14,16);5-7,15H,1-4H3,(H3,13,14);4-6H,1-3H3,(H5,12,13,14,15);4-6H,1-3H3,(H3,12,13)(H2,14,15). The molecule has 4 aromatic carbocycles. The Morgan fingerprint density at radius 1 is 0.424 bits per heavy atom. The number of aliphatic imine (C=N–C) groups is 4. The van der Waals surface area contributed by atoms with Crippen LogP contribution >= 0.6 is 0 Å². The highest BCUT2D eigenvalue weighted by molar-refractivity contribution is 6.04. The molecule has 0 fully saturated rings. The lowest BCUT2D eigenvalue weighted by Crippen LogP contribution is -2.46. The van der Waals surface area contributed by atoms with Crippen LogP contribution in [0.4, 0.5) is 22.7 Å². The molecule has 0 aliphatic rings. The molecular weight excluding hydrogens is 833 g/mol. The molecule has 18 N–H and O–H groups in total. The number of para-hydroxylation sites is 4. The highest BCUT2D eigenvalue weighted by atomic mass is 15.4. The van der Waals surface area contributed by atoms with Gasteiger partial charge in [-0.25, -0.2) is 9.98 Å². The molecule has 4 aromatic rings. The zero-order valence-electron chi connectivity index (χ0n) is 41.0. The van der Waals surface area contributed by atoms with Crippen LogP contribution in [-0.2, 0) is 0 Å². The van der Waals surface area contributed by atoms with Gasteiger partial charge in [0.15, 0.2) is 23.8 Å². The van der Waals surface area contributed by atoms with Gasteiger partial charge < -0.3 is 49.9 Å². The van der Waals surface area contributed by atoms with E-state index in [2.05, 4.69) is 20.0 Å². The summed E-state index contributed by atoms with van der Waals surface area (Å²) >= 11 is 0. The Kier molecular flexibility index (Phi) is 21.9. The average molecular weight is 905 g/mol. The molecule has 0 aromatic heterocycles. The summed E-state index contributed by atoms with van der Waals surface area (Å²) in [5.74, 6) is 0.684. The molecular formula is C46H72N20. The monoisotopic (exact) mass is 905 g/mol. The van der Waals surface area contributed by atoms with E-state index in [1.54, 1.807) is 57.0 Å². The van der Waals surface area contributed by atoms with Crippen molar-refractivity contribution < 1.29 is 0 Å². The van der Waals surface area contributed by atoms with Gasteiger partial charge in [0, 0.05) is 53.7 Å². The largest absolute Gasteiger partial charge is 0.370 e. The first-order valence-electron chi connectivity index (χ1n) is 20.5. The molecule has 356 valence electrons. The summed E-state index contributed by atoms with van der Waals surface area (Å²) < 4.78 is 0. The molecule has 0 atom stereocenters. The zero-order valence-corrected chi connectivity index (χ0v) is 41.0. The third-order valence-corrected chi connectivity index (χ3v) is 10.1. The van der Waals surface area contributed by atoms with Crippen molar-refractivity contribution in [2.75, 3.05) is 52.1 Å². The van der Waals surface area contributed by atoms with Crippen LogP contribution in [0.5, 0.6) is 0 Å². The minimum atomic E-state index is -0.145. The number of nitrogens with one attached hydrogen (secondary N) is 4. The molecule has 0 spiro atoms. The van der Waals surface area contributed by atoms with E-state index in [0.29, 0.717) is 11.9 Å². The van der Waals surface area contributed by atoms with E-state index in [4.69, 9.17) is 61.8 Å². The fourth-order valence-corrected chi connectivity index (χ4v) is 6.15. The van der Waals surface area contributed by atoms with Crippen molar-refractivity contribution >= 4 is 70.4 Å². The number of benzene rings is 4. The molecule has 20 nitrogen and oxygen atoms in total. The first-order chi connectivity index (χ1) is 30.7. The molecule has 0 heterocycles. The Morgan fingerprint density at radius 3 is 1.03 bits per heavy atom. The Hall–Kier alpha value is -8.16. The number of nitrogens with zero attached hydrogens (tertiary/aromatic N) is 9. The number of aryl methyl sites for hydroxylation is 8. The fourth-order valence-electron chi connectivity index (χ4n) is 6.15. The third kappa shape index (κ3) is 16.2. The molecule has 0 unspecified atom stereocenters. The lowest BCUT2D eigenvalue weighted by molar-refractivity contribution is 0.707. The molecule has 0 radical (unpaired) electrons. The van der Waals surface area contributed by atoms with E-state index in [9.17, 15) is 0 Å². The third-order valence-electron chi connectivity index (χ3n) is 10.1. The van der Waals surface area contributed by atoms with Crippen molar-refractivity contribution in [3.8, 4) is 0 Å². The van der Waals surface area contributed by atoms with Crippen molar-refractivity contribution in [1.29, 1.82) is 21.6 Å². The van der Waals surface area contributed by atoms with Gasteiger partial charge in [-0.15, -0.1) is 0 Å². The molecule has 0 saturated heterocycles. The summed E-state index contributed by atoms with van der Waals surface area (Å²) in [5.41, 5.74) is 50.7. The summed E-state index contributed by atoms with van der Waals surface area (Å²) in [6, 6.07) is 23.8. The summed E-state index contributed by atoms with van der Waals surface area (Å²) in [6.07, 6.45) is 0. The molecule has 4 rings (SSSR count). The van der Waals surface area contributed by atoms with Gasteiger partial charge in [-0.3, -0.25) is 41.3 Å². The first kappa shape index (κ1) is 55.9. The Balaban J connectivity index is 0.000000440. The van der Waals surface area contributed by atoms with Crippen molar-refractivity contribution in [3.05, 3.63) is 117 Å². The molecule has 20 heteroatoms. The average Bonchev–Trinajstić information content (AvgIpc) is 3.24. The van der Waals surface area contributed by atoms with E-state index >= 15 is 0 Å². The van der Waals surface area contributed by atoms with Crippen LogP contribution in [0.25, 0.3) is 0 Å². The summed E-state index contributed by atoms with van der Waals surface area (Å²) in [5, 5.41) is 30.3. The quantitative estimate of drug-likeness (QED) is 0.0985. The number of anilines is 2. The van der Waals surface area contributed by atoms with Crippen molar-refractivity contribution in [1.82, 2.24) is 14.7 Å². The predicted octanol–water partition coefficient (Wildman–Crippen LogP) is 4.65. The van der Waals surface area contributed by atoms with E-state index < -0.39 is 0 Å². The number of guanidine groups is 8. The molecule has 0 aliphatic heterocycles. The van der Waals surface area contributed by atoms with Crippen molar-refractivity contribution in [2.24, 2.45) is 60.1 Å². The van der Waals surface area contributed by atoms with Crippen LogP contribution in [0, 0.1) is 77.0 Å². The minimum absolute atomic E-state index is 0.0254. The second kappa shape index (κ2) is 25.8. The summed E-state index contributed by atoms with van der Waals surface area (Å²) in [4.78, 5) is 23.8. The highest BCUT2D eigenvalue weighted by Gasteiger charge is 2.17. The molecule has 0 bridgehead atoms. The van der Waals surface area contributed by atoms with Crippen LogP contribution in [0.1, 0.15) is 44.5 Å². The Morgan fingerprint density at radius 2 is 0.727 bits per heavy atom. The topological polar surface area (TPSA) is 343 Å². The Bertz CT molecular complexity index is 2380. The van der Waals surface area contributed by atoms with Crippen LogP contribution < -0.4 is 49.9 Å². The minimum Gasteiger partial charge on any atom is -0.370 e. The number of rotatable bonds is 4. The van der Waals surface area contributed by atoms with E-state index in [1.807, 2.05) is 128 Å². The maximum Gasteiger partial charge on any atom is 0.225 e. The van der Waals surface area contributed by atoms with Gasteiger partial charge in [-0.2, -0.15) is 4.99 Å². The van der Waals surface area contributed by atoms with Gasteiger partial charge in [0.25, 0.3) is 0 Å². The first-order valence-corrected chi connectivity index (χ1v) is 20.5. The number of hydrogen-bond donors (Lipinski definition) is 11. The van der Waals surface area contributed by atoms with Gasteiger partial charge in [-0.05, 0) is 99.9 Å². The lowest BCUT2D eigenvalue weighted by Gasteiger charge is -2.29. The second-order valence-corrected chi connectivity index (χ2v) is 15.2. The van der Waals surface area contributed by atoms with Crippen LogP contribution in [-0.4, -0.2) is 105 Å². The van der Waals surface area contributed by atoms with E-state index in [0.717, 1.165) is 67.3 Å². The molecule has 0 aliphatic carbocycles. The number of nitrogens with two attached hydrogens (primary N) is 7. The second-order valence-electron chi connectivity index (χ2n) is 15.2. The Labute approximate surface area is 390 Å². The van der Waals surface area contributed by atoms with Gasteiger partial charge in [0.05, 0.1) is 11.4 Å². The maximum atomic E-state index is 7.99. The number of hydrogen-bond acceptors (Lipinski definition) is 7. The zero-order chi connectivity index (χ0) is 50.7. The summed E-state index contributed by atoms with van der Waals surface area (Å²) in [7, 11) is 10.1. The smallest absolute Gasteiger partial charge is 0.225 e. The normalized spacial score (nSPS) is 10.9. The molecule has 0 amide bonds. The van der Waals surface area contributed by atoms with Crippen LogP contribution in [0.15, 0.2) is 92.8 Å². The van der Waals surface area contributed by atoms with Crippen LogP contribution in [0.3, 0.4) is 0 Å². The predicted molar refractivity (Wildman–Crippen MR) is 279 cm³/mol. The van der Waals surface area contributed by atoms with E-state index in [1.165, 1.54) is 9.80 Å². The highest BCUT2D eigenvalue weighted by Crippen LogP contribution is 2.26.